The average molecular weight is 683 g/mol. The first kappa shape index (κ1) is 46.8. The molecule has 0 aliphatic rings. The van der Waals surface area contributed by atoms with Gasteiger partial charge in [-0.25, -0.2) is 0 Å². The predicted octanol–water partition coefficient (Wildman–Crippen LogP) is 13.4. The molecule has 0 saturated carbocycles. The van der Waals surface area contributed by atoms with Gasteiger partial charge in [-0.1, -0.05) is 164 Å². The van der Waals surface area contributed by atoms with Gasteiger partial charge in [-0.15, -0.1) is 0 Å². The molecule has 49 heavy (non-hydrogen) atoms. The molecule has 0 amide bonds. The maximum atomic E-state index is 12.2. The van der Waals surface area contributed by atoms with Crippen molar-refractivity contribution in [1.82, 2.24) is 0 Å². The first-order valence-corrected chi connectivity index (χ1v) is 20.5. The fourth-order valence-electron chi connectivity index (χ4n) is 5.47. The van der Waals surface area contributed by atoms with Crippen LogP contribution in [0.4, 0.5) is 0 Å². The number of allylic oxidation sites excluding steroid dienone is 12. The Bertz CT molecular complexity index is 850. The molecule has 0 fully saturated rings. The molecular weight excluding hydrogens is 604 g/mol. The molecule has 1 atom stereocenters. The molecule has 0 aromatic heterocycles. The molecule has 0 radical (unpaired) electrons. The van der Waals surface area contributed by atoms with E-state index in [1.54, 1.807) is 0 Å². The zero-order valence-corrected chi connectivity index (χ0v) is 32.2. The Morgan fingerprint density at radius 3 is 1.39 bits per heavy atom. The topological polar surface area (TPSA) is 55.8 Å². The summed E-state index contributed by atoms with van der Waals surface area (Å²) in [5, 5.41) is 9.58. The van der Waals surface area contributed by atoms with Crippen LogP contribution in [0.25, 0.3) is 0 Å². The summed E-state index contributed by atoms with van der Waals surface area (Å²) < 4.78 is 11.1. The summed E-state index contributed by atoms with van der Waals surface area (Å²) in [7, 11) is 0. The number of rotatable bonds is 37. The minimum absolute atomic E-state index is 0.193. The van der Waals surface area contributed by atoms with Crippen molar-refractivity contribution < 1.29 is 19.4 Å². The highest BCUT2D eigenvalue weighted by atomic mass is 16.6. The number of aliphatic hydroxyl groups is 1. The molecule has 0 saturated heterocycles. The van der Waals surface area contributed by atoms with Gasteiger partial charge in [0.2, 0.25) is 0 Å². The quantitative estimate of drug-likeness (QED) is 0.0402. The van der Waals surface area contributed by atoms with Gasteiger partial charge in [0.1, 0.15) is 6.10 Å². The molecule has 4 heteroatoms. The van der Waals surface area contributed by atoms with Gasteiger partial charge in [-0.05, 0) is 83.5 Å². The first-order chi connectivity index (χ1) is 24.2. The summed E-state index contributed by atoms with van der Waals surface area (Å²) >= 11 is 0. The van der Waals surface area contributed by atoms with Crippen molar-refractivity contribution in [2.75, 3.05) is 19.8 Å². The number of ether oxygens (including phenoxy) is 2. The van der Waals surface area contributed by atoms with Gasteiger partial charge in [-0.2, -0.15) is 0 Å². The normalized spacial score (nSPS) is 13.1. The van der Waals surface area contributed by atoms with E-state index in [0.29, 0.717) is 13.0 Å². The fraction of sp³-hybridized carbons (Fsp3) is 0.711. The third kappa shape index (κ3) is 40.1. The van der Waals surface area contributed by atoms with Gasteiger partial charge in [0.25, 0.3) is 0 Å². The van der Waals surface area contributed by atoms with Crippen molar-refractivity contribution >= 4 is 5.97 Å². The number of aliphatic hydroxyl groups excluding tert-OH is 1. The van der Waals surface area contributed by atoms with Crippen molar-refractivity contribution in [3.63, 3.8) is 0 Å². The van der Waals surface area contributed by atoms with Crippen molar-refractivity contribution in [3.8, 4) is 0 Å². The van der Waals surface area contributed by atoms with Gasteiger partial charge in [-0.3, -0.25) is 4.79 Å². The van der Waals surface area contributed by atoms with E-state index in [1.165, 1.54) is 103 Å². The molecular formula is C45H78O4. The van der Waals surface area contributed by atoms with E-state index in [9.17, 15) is 9.90 Å². The second kappa shape index (κ2) is 42.0. The maximum absolute atomic E-state index is 12.2. The number of unbranched alkanes of at least 4 members (excludes halogenated alkanes) is 17. The Labute approximate surface area is 304 Å². The van der Waals surface area contributed by atoms with Crippen LogP contribution in [0.3, 0.4) is 0 Å². The molecule has 0 aromatic rings. The summed E-state index contributed by atoms with van der Waals surface area (Å²) in [5.74, 6) is -0.244. The highest BCUT2D eigenvalue weighted by molar-refractivity contribution is 5.69. The van der Waals surface area contributed by atoms with E-state index < -0.39 is 6.10 Å². The van der Waals surface area contributed by atoms with Crippen LogP contribution in [0.5, 0.6) is 0 Å². The second-order valence-electron chi connectivity index (χ2n) is 13.3. The molecule has 1 unspecified atom stereocenters. The Hall–Kier alpha value is -2.17. The number of carbonyl (C=O) groups is 1. The van der Waals surface area contributed by atoms with Crippen LogP contribution in [0.2, 0.25) is 0 Å². The molecule has 0 rings (SSSR count). The monoisotopic (exact) mass is 683 g/mol. The van der Waals surface area contributed by atoms with Crippen molar-refractivity contribution in [3.05, 3.63) is 72.9 Å². The van der Waals surface area contributed by atoms with Crippen molar-refractivity contribution in [1.29, 1.82) is 0 Å². The minimum atomic E-state index is -0.560. The summed E-state index contributed by atoms with van der Waals surface area (Å²) in [4.78, 5) is 12.2. The zero-order valence-electron chi connectivity index (χ0n) is 32.2. The van der Waals surface area contributed by atoms with Crippen LogP contribution in [0, 0.1) is 0 Å². The van der Waals surface area contributed by atoms with E-state index in [1.807, 2.05) is 0 Å². The summed E-state index contributed by atoms with van der Waals surface area (Å²) in [6, 6.07) is 0. The van der Waals surface area contributed by atoms with E-state index in [-0.39, 0.29) is 19.2 Å². The average Bonchev–Trinajstić information content (AvgIpc) is 3.11. The van der Waals surface area contributed by atoms with Crippen LogP contribution in [-0.2, 0) is 14.3 Å². The lowest BCUT2D eigenvalue weighted by Gasteiger charge is -2.15. The van der Waals surface area contributed by atoms with Crippen LogP contribution in [-0.4, -0.2) is 37.0 Å². The smallest absolute Gasteiger partial charge is 0.306 e. The molecule has 1 N–H and O–H groups in total. The summed E-state index contributed by atoms with van der Waals surface area (Å²) in [6.07, 6.45) is 56.7. The van der Waals surface area contributed by atoms with Gasteiger partial charge in [0, 0.05) is 13.0 Å². The standard InChI is InChI=1S/C45H78O4/c1-3-5-7-9-11-13-15-17-19-20-21-22-23-24-25-27-29-31-33-35-37-39-41-48-43-44(42-46)49-45(47)40-38-36-34-32-30-28-26-18-16-14-12-10-8-6-4-2/h6,8,12,14-15,17-18,20-21,26,30,32,44,46H,3-5,7,9-11,13,16,19,22-25,27-29,31,33-43H2,1-2H3/b8-6-,14-12-,17-15-,21-20-,26-18-,32-30-. The number of hydrogen-bond acceptors (Lipinski definition) is 4. The highest BCUT2D eigenvalue weighted by Gasteiger charge is 2.13. The van der Waals surface area contributed by atoms with E-state index >= 15 is 0 Å². The van der Waals surface area contributed by atoms with E-state index in [4.69, 9.17) is 9.47 Å². The first-order valence-electron chi connectivity index (χ1n) is 20.5. The summed E-state index contributed by atoms with van der Waals surface area (Å²) in [6.45, 7) is 5.16. The lowest BCUT2D eigenvalue weighted by molar-refractivity contribution is -0.154. The van der Waals surface area contributed by atoms with Gasteiger partial charge < -0.3 is 14.6 Å². The second-order valence-corrected chi connectivity index (χ2v) is 13.3. The van der Waals surface area contributed by atoms with Crippen LogP contribution >= 0.6 is 0 Å². The number of carbonyl (C=O) groups excluding carboxylic acids is 1. The van der Waals surface area contributed by atoms with Gasteiger partial charge in [0.05, 0.1) is 13.2 Å². The van der Waals surface area contributed by atoms with Crippen LogP contribution in [0.15, 0.2) is 72.9 Å². The molecule has 0 heterocycles. The number of esters is 1. The van der Waals surface area contributed by atoms with Crippen molar-refractivity contribution in [2.45, 2.75) is 187 Å². The van der Waals surface area contributed by atoms with E-state index in [2.05, 4.69) is 86.8 Å². The van der Waals surface area contributed by atoms with Crippen LogP contribution < -0.4 is 0 Å². The lowest BCUT2D eigenvalue weighted by Crippen LogP contribution is -2.27. The molecule has 0 aliphatic carbocycles. The minimum Gasteiger partial charge on any atom is -0.457 e. The number of hydrogen-bond donors (Lipinski definition) is 1. The van der Waals surface area contributed by atoms with Crippen molar-refractivity contribution in [2.24, 2.45) is 0 Å². The molecule has 0 aliphatic heterocycles. The molecule has 0 bridgehead atoms. The Kier molecular flexibility index (Phi) is 40.1. The summed E-state index contributed by atoms with van der Waals surface area (Å²) in [5.41, 5.74) is 0. The van der Waals surface area contributed by atoms with Crippen LogP contribution in [0.1, 0.15) is 181 Å². The third-order valence-corrected chi connectivity index (χ3v) is 8.52. The van der Waals surface area contributed by atoms with Gasteiger partial charge >= 0.3 is 5.97 Å². The third-order valence-electron chi connectivity index (χ3n) is 8.52. The Morgan fingerprint density at radius 1 is 0.510 bits per heavy atom. The SMILES string of the molecule is CC/C=C\C/C=C\C/C=C\C/C=C\CCCCC(=O)OC(CO)COCCCCCCCCCCCC/C=C\C/C=C\CCCCCCC. The maximum Gasteiger partial charge on any atom is 0.306 e. The molecule has 0 aromatic carbocycles. The highest BCUT2D eigenvalue weighted by Crippen LogP contribution is 2.12. The predicted molar refractivity (Wildman–Crippen MR) is 214 cm³/mol. The Morgan fingerprint density at radius 2 is 0.918 bits per heavy atom. The zero-order chi connectivity index (χ0) is 35.6. The fourth-order valence-corrected chi connectivity index (χ4v) is 5.47. The molecule has 4 nitrogen and oxygen atoms in total. The lowest BCUT2D eigenvalue weighted by atomic mass is 10.1. The van der Waals surface area contributed by atoms with Gasteiger partial charge in [0.15, 0.2) is 0 Å². The molecule has 0 spiro atoms. The molecule has 282 valence electrons. The van der Waals surface area contributed by atoms with E-state index in [0.717, 1.165) is 57.8 Å². The Balaban J connectivity index is 3.50. The largest absolute Gasteiger partial charge is 0.457 e.